The molecule has 7 nitrogen and oxygen atoms in total. The molecule has 2 aromatic carbocycles. The van der Waals surface area contributed by atoms with E-state index in [9.17, 15) is 4.79 Å². The Bertz CT molecular complexity index is 1140. The number of halogens is 1. The third kappa shape index (κ3) is 4.59. The highest BCUT2D eigenvalue weighted by molar-refractivity contribution is 6.31. The van der Waals surface area contributed by atoms with E-state index in [2.05, 4.69) is 25.6 Å². The van der Waals surface area contributed by atoms with Gasteiger partial charge in [0.25, 0.3) is 5.91 Å². The van der Waals surface area contributed by atoms with E-state index in [1.807, 2.05) is 48.0 Å². The number of amides is 1. The highest BCUT2D eigenvalue weighted by atomic mass is 35.5. The van der Waals surface area contributed by atoms with E-state index < -0.39 is 0 Å². The Morgan fingerprint density at radius 1 is 1.03 bits per heavy atom. The Labute approximate surface area is 172 Å². The highest BCUT2D eigenvalue weighted by Crippen LogP contribution is 2.20. The third-order valence-electron chi connectivity index (χ3n) is 4.10. The maximum Gasteiger partial charge on any atom is 0.255 e. The lowest BCUT2D eigenvalue weighted by Gasteiger charge is -2.10. The number of hydrogen-bond donors (Lipinski definition) is 2. The summed E-state index contributed by atoms with van der Waals surface area (Å²) in [5.41, 5.74) is 2.02. The van der Waals surface area contributed by atoms with Crippen molar-refractivity contribution >= 4 is 34.7 Å². The van der Waals surface area contributed by atoms with E-state index in [4.69, 9.17) is 11.6 Å². The van der Waals surface area contributed by atoms with Gasteiger partial charge in [0.15, 0.2) is 0 Å². The number of nitrogens with one attached hydrogen (secondary N) is 2. The Morgan fingerprint density at radius 3 is 2.55 bits per heavy atom. The zero-order valence-corrected chi connectivity index (χ0v) is 16.3. The fourth-order valence-corrected chi connectivity index (χ4v) is 2.95. The predicted octanol–water partition coefficient (Wildman–Crippen LogP) is 4.62. The van der Waals surface area contributed by atoms with E-state index in [0.29, 0.717) is 27.9 Å². The molecule has 0 aliphatic rings. The van der Waals surface area contributed by atoms with Crippen LogP contribution in [0.25, 0.3) is 5.82 Å². The molecule has 0 saturated carbocycles. The first-order valence-corrected chi connectivity index (χ1v) is 9.23. The van der Waals surface area contributed by atoms with Crippen LogP contribution in [0.15, 0.2) is 73.3 Å². The molecule has 0 radical (unpaired) electrons. The summed E-state index contributed by atoms with van der Waals surface area (Å²) < 4.78 is 1.81. The quantitative estimate of drug-likeness (QED) is 0.507. The molecule has 2 N–H and O–H groups in total. The van der Waals surface area contributed by atoms with Crippen LogP contribution in [0.2, 0.25) is 5.02 Å². The van der Waals surface area contributed by atoms with E-state index in [-0.39, 0.29) is 5.91 Å². The van der Waals surface area contributed by atoms with Gasteiger partial charge in [-0.25, -0.2) is 15.0 Å². The summed E-state index contributed by atoms with van der Waals surface area (Å²) in [4.78, 5) is 25.2. The van der Waals surface area contributed by atoms with Gasteiger partial charge in [0.05, 0.1) is 0 Å². The molecular formula is C21H17ClN6O. The van der Waals surface area contributed by atoms with Crippen molar-refractivity contribution in [1.29, 1.82) is 0 Å². The molecule has 4 aromatic rings. The van der Waals surface area contributed by atoms with Crippen LogP contribution < -0.4 is 10.6 Å². The standard InChI is InChI=1S/C21H17ClN6O/c1-14-24-19(12-20(25-14)28-10-9-23-13-28)26-17-5-7-18(8-6-17)27-21(29)15-3-2-4-16(22)11-15/h2-13H,1H3,(H,27,29)(H,24,25,26). The Kier molecular flexibility index (Phi) is 5.22. The van der Waals surface area contributed by atoms with Gasteiger partial charge in [-0.05, 0) is 49.4 Å². The van der Waals surface area contributed by atoms with Gasteiger partial charge in [-0.3, -0.25) is 9.36 Å². The van der Waals surface area contributed by atoms with Crippen molar-refractivity contribution in [2.45, 2.75) is 6.92 Å². The summed E-state index contributed by atoms with van der Waals surface area (Å²) in [6.07, 6.45) is 5.20. The Morgan fingerprint density at radius 2 is 1.83 bits per heavy atom. The third-order valence-corrected chi connectivity index (χ3v) is 4.33. The number of carbonyl (C=O) groups is 1. The minimum absolute atomic E-state index is 0.218. The fraction of sp³-hybridized carbons (Fsp3) is 0.0476. The second-order valence-corrected chi connectivity index (χ2v) is 6.73. The fourth-order valence-electron chi connectivity index (χ4n) is 2.76. The van der Waals surface area contributed by atoms with Crippen molar-refractivity contribution in [3.63, 3.8) is 0 Å². The molecule has 8 heteroatoms. The number of carbonyl (C=O) groups excluding carboxylic acids is 1. The molecule has 0 spiro atoms. The predicted molar refractivity (Wildman–Crippen MR) is 113 cm³/mol. The van der Waals surface area contributed by atoms with Crippen molar-refractivity contribution in [2.24, 2.45) is 0 Å². The lowest BCUT2D eigenvalue weighted by Crippen LogP contribution is -2.11. The number of aromatic nitrogens is 4. The van der Waals surface area contributed by atoms with Crippen LogP contribution in [0.1, 0.15) is 16.2 Å². The van der Waals surface area contributed by atoms with Gasteiger partial charge in [0.2, 0.25) is 0 Å². The molecule has 0 saturated heterocycles. The lowest BCUT2D eigenvalue weighted by atomic mass is 10.2. The van der Waals surface area contributed by atoms with Gasteiger partial charge < -0.3 is 10.6 Å². The van der Waals surface area contributed by atoms with Crippen molar-refractivity contribution in [1.82, 2.24) is 19.5 Å². The van der Waals surface area contributed by atoms with Gasteiger partial charge in [-0.2, -0.15) is 0 Å². The Hall–Kier alpha value is -3.71. The molecule has 29 heavy (non-hydrogen) atoms. The smallest absolute Gasteiger partial charge is 0.255 e. The van der Waals surface area contributed by atoms with Gasteiger partial charge in [0, 0.05) is 40.4 Å². The molecular weight excluding hydrogens is 388 g/mol. The topological polar surface area (TPSA) is 84.7 Å². The minimum atomic E-state index is -0.218. The first-order chi connectivity index (χ1) is 14.1. The number of imidazole rings is 1. The van der Waals surface area contributed by atoms with Crippen LogP contribution in [-0.4, -0.2) is 25.4 Å². The van der Waals surface area contributed by atoms with Crippen LogP contribution in [0.4, 0.5) is 17.2 Å². The summed E-state index contributed by atoms with van der Waals surface area (Å²) >= 11 is 5.94. The van der Waals surface area contributed by atoms with Crippen LogP contribution in [-0.2, 0) is 0 Å². The molecule has 0 aliphatic carbocycles. The largest absolute Gasteiger partial charge is 0.340 e. The van der Waals surface area contributed by atoms with Gasteiger partial charge in [-0.15, -0.1) is 0 Å². The number of nitrogens with zero attached hydrogens (tertiary/aromatic N) is 4. The van der Waals surface area contributed by atoms with Crippen LogP contribution in [0, 0.1) is 6.92 Å². The highest BCUT2D eigenvalue weighted by Gasteiger charge is 2.07. The molecule has 0 fully saturated rings. The number of hydrogen-bond acceptors (Lipinski definition) is 5. The van der Waals surface area contributed by atoms with Crippen molar-refractivity contribution in [2.75, 3.05) is 10.6 Å². The van der Waals surface area contributed by atoms with Crippen molar-refractivity contribution in [3.8, 4) is 5.82 Å². The lowest BCUT2D eigenvalue weighted by molar-refractivity contribution is 0.102. The average molecular weight is 405 g/mol. The second-order valence-electron chi connectivity index (χ2n) is 6.30. The van der Waals surface area contributed by atoms with Crippen LogP contribution >= 0.6 is 11.6 Å². The normalized spacial score (nSPS) is 10.6. The molecule has 2 aromatic heterocycles. The minimum Gasteiger partial charge on any atom is -0.340 e. The van der Waals surface area contributed by atoms with E-state index in [1.54, 1.807) is 36.8 Å². The molecule has 1 amide bonds. The second kappa shape index (κ2) is 8.12. The van der Waals surface area contributed by atoms with E-state index in [0.717, 1.165) is 11.5 Å². The summed E-state index contributed by atoms with van der Waals surface area (Å²) in [6.45, 7) is 1.83. The molecule has 0 bridgehead atoms. The Balaban J connectivity index is 1.47. The number of benzene rings is 2. The molecule has 0 atom stereocenters. The van der Waals surface area contributed by atoms with E-state index >= 15 is 0 Å². The molecule has 4 rings (SSSR count). The SMILES string of the molecule is Cc1nc(Nc2ccc(NC(=O)c3cccc(Cl)c3)cc2)cc(-n2ccnc2)n1. The summed E-state index contributed by atoms with van der Waals surface area (Å²) in [5.74, 6) is 1.81. The van der Waals surface area contributed by atoms with Crippen molar-refractivity contribution < 1.29 is 4.79 Å². The summed E-state index contributed by atoms with van der Waals surface area (Å²) in [7, 11) is 0. The number of anilines is 3. The monoisotopic (exact) mass is 404 g/mol. The van der Waals surface area contributed by atoms with E-state index in [1.165, 1.54) is 0 Å². The molecule has 0 unspecified atom stereocenters. The molecule has 144 valence electrons. The van der Waals surface area contributed by atoms with Crippen LogP contribution in [0.3, 0.4) is 0 Å². The maximum absolute atomic E-state index is 12.3. The summed E-state index contributed by atoms with van der Waals surface area (Å²) in [5, 5.41) is 6.62. The number of rotatable bonds is 5. The zero-order chi connectivity index (χ0) is 20.2. The first-order valence-electron chi connectivity index (χ1n) is 8.85. The van der Waals surface area contributed by atoms with Gasteiger partial charge in [-0.1, -0.05) is 17.7 Å². The molecule has 2 heterocycles. The average Bonchev–Trinajstić information content (AvgIpc) is 3.24. The summed E-state index contributed by atoms with van der Waals surface area (Å²) in [6, 6.07) is 16.0. The maximum atomic E-state index is 12.3. The first kappa shape index (κ1) is 18.6. The number of aryl methyl sites for hydroxylation is 1. The van der Waals surface area contributed by atoms with Crippen LogP contribution in [0.5, 0.6) is 0 Å². The molecule has 0 aliphatic heterocycles. The van der Waals surface area contributed by atoms with Gasteiger partial charge in [0.1, 0.15) is 23.8 Å². The zero-order valence-electron chi connectivity index (χ0n) is 15.5. The van der Waals surface area contributed by atoms with Gasteiger partial charge >= 0.3 is 0 Å². The van der Waals surface area contributed by atoms with Crippen molar-refractivity contribution in [3.05, 3.63) is 89.7 Å².